The number of piperidine rings is 1. The van der Waals surface area contributed by atoms with Crippen molar-refractivity contribution in [2.75, 3.05) is 13.3 Å². The maximum Gasteiger partial charge on any atom is 0.416 e. The first kappa shape index (κ1) is 19.7. The van der Waals surface area contributed by atoms with Gasteiger partial charge >= 0.3 is 6.18 Å². The maximum absolute atomic E-state index is 13.0. The fourth-order valence-electron chi connectivity index (χ4n) is 5.46. The topological polar surface area (TPSA) is 21.7 Å². The van der Waals surface area contributed by atoms with Crippen molar-refractivity contribution in [1.82, 2.24) is 4.90 Å². The summed E-state index contributed by atoms with van der Waals surface area (Å²) in [6, 6.07) is 18.2. The molecule has 3 aromatic carbocycles. The lowest BCUT2D eigenvalue weighted by atomic mass is 9.93. The van der Waals surface area contributed by atoms with Crippen LogP contribution in [0.5, 0.6) is 11.5 Å². The van der Waals surface area contributed by atoms with Crippen molar-refractivity contribution in [3.05, 3.63) is 82.9 Å². The highest BCUT2D eigenvalue weighted by Gasteiger charge is 2.40. The molecule has 0 amide bonds. The van der Waals surface area contributed by atoms with Crippen LogP contribution in [-0.2, 0) is 12.7 Å². The molecule has 2 bridgehead atoms. The van der Waals surface area contributed by atoms with Crippen LogP contribution in [0, 0.1) is 0 Å². The molecule has 2 heterocycles. The normalized spacial score (nSPS) is 21.6. The second kappa shape index (κ2) is 7.27. The Balaban J connectivity index is 1.34. The highest BCUT2D eigenvalue weighted by molar-refractivity contribution is 5.71. The molecule has 1 fully saturated rings. The largest absolute Gasteiger partial charge is 0.454 e. The highest BCUT2D eigenvalue weighted by atomic mass is 19.4. The number of hydrogen-bond acceptors (Lipinski definition) is 3. The Labute approximate surface area is 184 Å². The Morgan fingerprint density at radius 2 is 1.75 bits per heavy atom. The van der Waals surface area contributed by atoms with E-state index in [9.17, 15) is 13.2 Å². The first-order valence-electron chi connectivity index (χ1n) is 10.9. The molecular weight excluding hydrogens is 415 g/mol. The van der Waals surface area contributed by atoms with Crippen LogP contribution in [-0.4, -0.2) is 18.2 Å². The van der Waals surface area contributed by atoms with Crippen LogP contribution >= 0.6 is 0 Å². The molecule has 3 aromatic rings. The molecule has 0 radical (unpaired) electrons. The second-order valence-corrected chi connectivity index (χ2v) is 8.78. The summed E-state index contributed by atoms with van der Waals surface area (Å²) in [6.45, 7) is 2.05. The molecule has 3 aliphatic rings. The fraction of sp³-hybridized carbons (Fsp3) is 0.308. The molecule has 6 rings (SSSR count). The van der Waals surface area contributed by atoms with Gasteiger partial charge in [-0.05, 0) is 77.4 Å². The van der Waals surface area contributed by atoms with E-state index in [1.165, 1.54) is 28.8 Å². The molecule has 2 aliphatic heterocycles. The Morgan fingerprint density at radius 1 is 0.938 bits per heavy atom. The van der Waals surface area contributed by atoms with Gasteiger partial charge in [-0.2, -0.15) is 13.2 Å². The summed E-state index contributed by atoms with van der Waals surface area (Å²) in [7, 11) is 0. The van der Waals surface area contributed by atoms with E-state index in [1.54, 1.807) is 12.1 Å². The molecule has 0 aromatic heterocycles. The first-order chi connectivity index (χ1) is 15.5. The number of fused-ring (bicyclic) bond motifs is 6. The van der Waals surface area contributed by atoms with Gasteiger partial charge in [-0.25, -0.2) is 0 Å². The number of likely N-dealkylation sites (tertiary alicyclic amines) is 1. The van der Waals surface area contributed by atoms with Gasteiger partial charge in [0.1, 0.15) is 0 Å². The minimum atomic E-state index is -4.32. The Kier molecular flexibility index (Phi) is 4.47. The summed E-state index contributed by atoms with van der Waals surface area (Å²) in [5.41, 5.74) is 5.06. The van der Waals surface area contributed by atoms with E-state index >= 15 is 0 Å². The van der Waals surface area contributed by atoms with Crippen molar-refractivity contribution < 1.29 is 22.6 Å². The number of benzene rings is 3. The Morgan fingerprint density at radius 3 is 2.56 bits per heavy atom. The molecule has 1 saturated heterocycles. The Bertz CT molecular complexity index is 1170. The van der Waals surface area contributed by atoms with E-state index in [0.717, 1.165) is 48.6 Å². The molecule has 1 unspecified atom stereocenters. The molecular formula is C26H22F3NO2. The van der Waals surface area contributed by atoms with Crippen molar-refractivity contribution >= 4 is 0 Å². The van der Waals surface area contributed by atoms with E-state index in [4.69, 9.17) is 9.47 Å². The van der Waals surface area contributed by atoms with Crippen LogP contribution in [0.25, 0.3) is 11.1 Å². The van der Waals surface area contributed by atoms with Gasteiger partial charge in [-0.15, -0.1) is 0 Å². The van der Waals surface area contributed by atoms with Crippen molar-refractivity contribution in [2.24, 2.45) is 0 Å². The summed E-state index contributed by atoms with van der Waals surface area (Å²) in [6.07, 6.45) is -2.18. The van der Waals surface area contributed by atoms with Gasteiger partial charge in [0.25, 0.3) is 0 Å². The van der Waals surface area contributed by atoms with Crippen LogP contribution in [0.3, 0.4) is 0 Å². The summed E-state index contributed by atoms with van der Waals surface area (Å²) < 4.78 is 50.1. The second-order valence-electron chi connectivity index (χ2n) is 8.78. The van der Waals surface area contributed by atoms with Gasteiger partial charge in [-0.1, -0.05) is 36.4 Å². The minimum absolute atomic E-state index is 0.257. The third-order valence-electron chi connectivity index (χ3n) is 6.97. The average molecular weight is 437 g/mol. The molecule has 0 spiro atoms. The summed E-state index contributed by atoms with van der Waals surface area (Å²) in [4.78, 5) is 2.49. The van der Waals surface area contributed by atoms with E-state index < -0.39 is 11.7 Å². The van der Waals surface area contributed by atoms with E-state index in [-0.39, 0.29) is 12.8 Å². The smallest absolute Gasteiger partial charge is 0.416 e. The van der Waals surface area contributed by atoms with Crippen molar-refractivity contribution in [3.63, 3.8) is 0 Å². The number of nitrogens with zero attached hydrogens (tertiary/aromatic N) is 1. The van der Waals surface area contributed by atoms with Gasteiger partial charge in [0.2, 0.25) is 6.79 Å². The van der Waals surface area contributed by atoms with Crippen LogP contribution in [0.1, 0.15) is 47.1 Å². The lowest BCUT2D eigenvalue weighted by Crippen LogP contribution is -2.31. The van der Waals surface area contributed by atoms with Crippen molar-refractivity contribution in [3.8, 4) is 22.6 Å². The average Bonchev–Trinajstić information content (AvgIpc) is 3.38. The van der Waals surface area contributed by atoms with Gasteiger partial charge < -0.3 is 9.47 Å². The first-order valence-corrected chi connectivity index (χ1v) is 10.9. The summed E-state index contributed by atoms with van der Waals surface area (Å²) >= 11 is 0. The summed E-state index contributed by atoms with van der Waals surface area (Å²) in [5.74, 6) is 2.08. The molecule has 3 nitrogen and oxygen atoms in total. The number of ether oxygens (including phenoxy) is 2. The van der Waals surface area contributed by atoms with Crippen LogP contribution in [0.15, 0.2) is 60.7 Å². The van der Waals surface area contributed by atoms with Crippen LogP contribution in [0.2, 0.25) is 0 Å². The highest BCUT2D eigenvalue weighted by Crippen LogP contribution is 2.52. The summed E-state index contributed by atoms with van der Waals surface area (Å²) in [5, 5.41) is 0. The van der Waals surface area contributed by atoms with Crippen LogP contribution in [0.4, 0.5) is 13.2 Å². The lowest BCUT2D eigenvalue weighted by molar-refractivity contribution is -0.137. The van der Waals surface area contributed by atoms with E-state index in [2.05, 4.69) is 17.0 Å². The standard InChI is InChI=1S/C26H22F3NO2/c27-26(28,29)19-7-5-17(6-8-19)20-2-1-3-21-18-10-11-30(22(13-18)25(20)21)14-16-4-9-23-24(12-16)32-15-31-23/h1-9,12,18,22H,10-11,13-15H2/t18?,22-/m1/s1. The molecule has 6 heteroatoms. The number of alkyl halides is 3. The number of halogens is 3. The predicted octanol–water partition coefficient (Wildman–Crippen LogP) is 6.54. The zero-order chi connectivity index (χ0) is 21.9. The van der Waals surface area contributed by atoms with Gasteiger partial charge in [0.05, 0.1) is 5.56 Å². The van der Waals surface area contributed by atoms with Crippen molar-refractivity contribution in [2.45, 2.75) is 37.5 Å². The lowest BCUT2D eigenvalue weighted by Gasteiger charge is -2.34. The van der Waals surface area contributed by atoms with E-state index in [1.807, 2.05) is 24.3 Å². The van der Waals surface area contributed by atoms with Gasteiger partial charge in [0.15, 0.2) is 11.5 Å². The molecule has 32 heavy (non-hydrogen) atoms. The number of rotatable bonds is 3. The SMILES string of the molecule is FC(F)(F)c1ccc(-c2cccc3c2[C@H]2CC3CCN2Cc2ccc3c(c2)OCO3)cc1. The quantitative estimate of drug-likeness (QED) is 0.465. The minimum Gasteiger partial charge on any atom is -0.454 e. The monoisotopic (exact) mass is 437 g/mol. The fourth-order valence-corrected chi connectivity index (χ4v) is 5.46. The predicted molar refractivity (Wildman–Crippen MR) is 115 cm³/mol. The van der Waals surface area contributed by atoms with Gasteiger partial charge in [-0.3, -0.25) is 4.90 Å². The zero-order valence-electron chi connectivity index (χ0n) is 17.4. The van der Waals surface area contributed by atoms with Gasteiger partial charge in [0, 0.05) is 12.6 Å². The van der Waals surface area contributed by atoms with E-state index in [0.29, 0.717) is 5.92 Å². The maximum atomic E-state index is 13.0. The zero-order valence-corrected chi connectivity index (χ0v) is 17.4. The third kappa shape index (κ3) is 3.25. The molecule has 1 aliphatic carbocycles. The molecule has 0 saturated carbocycles. The molecule has 0 N–H and O–H groups in total. The van der Waals surface area contributed by atoms with Crippen LogP contribution < -0.4 is 9.47 Å². The number of hydrogen-bond donors (Lipinski definition) is 0. The van der Waals surface area contributed by atoms with Crippen molar-refractivity contribution in [1.29, 1.82) is 0 Å². The molecule has 2 atom stereocenters. The third-order valence-corrected chi connectivity index (χ3v) is 6.97. The Hall–Kier alpha value is -2.99. The molecule has 164 valence electrons.